The van der Waals surface area contributed by atoms with Gasteiger partial charge in [0.1, 0.15) is 0 Å². The highest BCUT2D eigenvalue weighted by atomic mass is 16.5. The van der Waals surface area contributed by atoms with Crippen molar-refractivity contribution in [2.24, 2.45) is 5.92 Å². The number of hydrogen-bond acceptors (Lipinski definition) is 4. The average molecular weight is 212 g/mol. The molecule has 6 nitrogen and oxygen atoms in total. The Kier molecular flexibility index (Phi) is 3.84. The lowest BCUT2D eigenvalue weighted by atomic mass is 10.1. The molecule has 0 aliphatic carbocycles. The van der Waals surface area contributed by atoms with Gasteiger partial charge >= 0.3 is 5.97 Å². The minimum Gasteiger partial charge on any atom is -0.481 e. The van der Waals surface area contributed by atoms with Crippen LogP contribution in [0.2, 0.25) is 0 Å². The van der Waals surface area contributed by atoms with E-state index in [9.17, 15) is 9.59 Å². The van der Waals surface area contributed by atoms with Crippen LogP contribution in [0.3, 0.4) is 0 Å². The summed E-state index contributed by atoms with van der Waals surface area (Å²) < 4.78 is 4.62. The summed E-state index contributed by atoms with van der Waals surface area (Å²) in [4.78, 5) is 21.7. The first kappa shape index (κ1) is 11.2. The fourth-order valence-corrected chi connectivity index (χ4v) is 0.946. The quantitative estimate of drug-likeness (QED) is 0.742. The first-order chi connectivity index (χ1) is 7.11. The van der Waals surface area contributed by atoms with E-state index in [1.807, 2.05) is 0 Å². The summed E-state index contributed by atoms with van der Waals surface area (Å²) in [6.07, 6.45) is 1.75. The maximum absolute atomic E-state index is 11.3. The summed E-state index contributed by atoms with van der Waals surface area (Å²) in [7, 11) is 0. The largest absolute Gasteiger partial charge is 0.481 e. The predicted octanol–water partition coefficient (Wildman–Crippen LogP) is 0.515. The lowest BCUT2D eigenvalue weighted by Gasteiger charge is -2.05. The molecular weight excluding hydrogens is 200 g/mol. The van der Waals surface area contributed by atoms with Gasteiger partial charge in [0.15, 0.2) is 0 Å². The minimum atomic E-state index is -0.871. The summed E-state index contributed by atoms with van der Waals surface area (Å²) in [6.45, 7) is 1.88. The highest BCUT2D eigenvalue weighted by molar-refractivity contribution is 5.91. The number of nitrogens with zero attached hydrogens (tertiary/aromatic N) is 1. The van der Waals surface area contributed by atoms with E-state index in [2.05, 4.69) is 15.0 Å². The number of carbonyl (C=O) groups is 2. The van der Waals surface area contributed by atoms with Crippen LogP contribution in [0.1, 0.15) is 23.9 Å². The van der Waals surface area contributed by atoms with Crippen LogP contribution in [0.5, 0.6) is 0 Å². The number of amides is 1. The third-order valence-corrected chi connectivity index (χ3v) is 1.95. The molecule has 82 valence electrons. The Morgan fingerprint density at radius 2 is 2.40 bits per heavy atom. The van der Waals surface area contributed by atoms with Crippen LogP contribution in [-0.4, -0.2) is 28.7 Å². The molecule has 1 unspecified atom stereocenters. The first-order valence-corrected chi connectivity index (χ1v) is 4.53. The molecule has 15 heavy (non-hydrogen) atoms. The molecule has 0 aromatic carbocycles. The highest BCUT2D eigenvalue weighted by Crippen LogP contribution is 2.01. The Balaban J connectivity index is 2.27. The fourth-order valence-electron chi connectivity index (χ4n) is 0.946. The van der Waals surface area contributed by atoms with Gasteiger partial charge in [0, 0.05) is 12.6 Å². The predicted molar refractivity (Wildman–Crippen MR) is 50.3 cm³/mol. The number of aliphatic carboxylic acids is 1. The van der Waals surface area contributed by atoms with Crippen LogP contribution < -0.4 is 5.32 Å². The molecule has 1 rings (SSSR count). The summed E-state index contributed by atoms with van der Waals surface area (Å²) >= 11 is 0. The van der Waals surface area contributed by atoms with Crippen LogP contribution in [0, 0.1) is 5.92 Å². The van der Waals surface area contributed by atoms with Crippen molar-refractivity contribution >= 4 is 11.9 Å². The Labute approximate surface area is 86.3 Å². The molecule has 0 aliphatic heterocycles. The van der Waals surface area contributed by atoms with E-state index >= 15 is 0 Å². The van der Waals surface area contributed by atoms with E-state index in [4.69, 9.17) is 5.11 Å². The molecule has 0 spiro atoms. The maximum atomic E-state index is 11.3. The van der Waals surface area contributed by atoms with Crippen molar-refractivity contribution in [2.75, 3.05) is 6.54 Å². The van der Waals surface area contributed by atoms with Gasteiger partial charge in [-0.25, -0.2) is 0 Å². The van der Waals surface area contributed by atoms with E-state index in [0.717, 1.165) is 0 Å². The Hall–Kier alpha value is -1.85. The highest BCUT2D eigenvalue weighted by Gasteiger charge is 2.12. The third kappa shape index (κ3) is 3.41. The van der Waals surface area contributed by atoms with Gasteiger partial charge in [-0.1, -0.05) is 12.1 Å². The number of rotatable bonds is 5. The monoisotopic (exact) mass is 212 g/mol. The van der Waals surface area contributed by atoms with Gasteiger partial charge in [-0.2, -0.15) is 0 Å². The van der Waals surface area contributed by atoms with Crippen molar-refractivity contribution in [1.29, 1.82) is 0 Å². The normalized spacial score (nSPS) is 12.1. The van der Waals surface area contributed by atoms with Crippen molar-refractivity contribution in [3.05, 3.63) is 18.0 Å². The molecule has 0 saturated heterocycles. The van der Waals surface area contributed by atoms with Crippen molar-refractivity contribution in [3.63, 3.8) is 0 Å². The number of carboxylic acid groups (broad SMARTS) is 1. The average Bonchev–Trinajstić information content (AvgIpc) is 2.70. The van der Waals surface area contributed by atoms with E-state index in [1.165, 1.54) is 12.3 Å². The van der Waals surface area contributed by atoms with Gasteiger partial charge in [0.05, 0.1) is 12.1 Å². The van der Waals surface area contributed by atoms with Gasteiger partial charge < -0.3 is 14.9 Å². The van der Waals surface area contributed by atoms with Crippen LogP contribution in [0.25, 0.3) is 0 Å². The zero-order valence-electron chi connectivity index (χ0n) is 8.27. The number of carbonyl (C=O) groups excluding carboxylic acids is 1. The van der Waals surface area contributed by atoms with Crippen LogP contribution >= 0.6 is 0 Å². The summed E-state index contributed by atoms with van der Waals surface area (Å²) in [5, 5.41) is 14.5. The van der Waals surface area contributed by atoms with E-state index in [0.29, 0.717) is 13.0 Å². The Bertz CT molecular complexity index is 334. The maximum Gasteiger partial charge on any atom is 0.306 e. The van der Waals surface area contributed by atoms with Crippen molar-refractivity contribution in [2.45, 2.75) is 13.3 Å². The molecular formula is C9H12N2O4. The lowest BCUT2D eigenvalue weighted by Crippen LogP contribution is -2.26. The summed E-state index contributed by atoms with van der Waals surface area (Å²) in [5.41, 5.74) is 0. The fraction of sp³-hybridized carbons (Fsp3) is 0.444. The van der Waals surface area contributed by atoms with Gasteiger partial charge in [-0.3, -0.25) is 9.59 Å². The van der Waals surface area contributed by atoms with Crippen LogP contribution in [-0.2, 0) is 4.79 Å². The second-order valence-electron chi connectivity index (χ2n) is 3.16. The number of hydrogen-bond donors (Lipinski definition) is 2. The van der Waals surface area contributed by atoms with E-state index in [-0.39, 0.29) is 11.7 Å². The molecule has 0 radical (unpaired) electrons. The molecule has 6 heteroatoms. The molecule has 1 atom stereocenters. The minimum absolute atomic E-state index is 0.123. The second kappa shape index (κ2) is 5.14. The molecule has 0 aliphatic rings. The van der Waals surface area contributed by atoms with Crippen molar-refractivity contribution in [3.8, 4) is 0 Å². The smallest absolute Gasteiger partial charge is 0.306 e. The molecule has 0 bridgehead atoms. The number of aromatic nitrogens is 1. The molecule has 0 saturated carbocycles. The molecule has 2 N–H and O–H groups in total. The van der Waals surface area contributed by atoms with Crippen molar-refractivity contribution in [1.82, 2.24) is 10.5 Å². The van der Waals surface area contributed by atoms with Gasteiger partial charge in [-0.05, 0) is 6.42 Å². The third-order valence-electron chi connectivity index (χ3n) is 1.95. The molecule has 1 amide bonds. The zero-order valence-corrected chi connectivity index (χ0v) is 8.27. The Morgan fingerprint density at radius 1 is 1.67 bits per heavy atom. The Morgan fingerprint density at radius 3 is 2.93 bits per heavy atom. The second-order valence-corrected chi connectivity index (χ2v) is 3.16. The summed E-state index contributed by atoms with van der Waals surface area (Å²) in [5.74, 6) is -1.60. The standard InChI is InChI=1S/C9H12N2O4/c1-6(9(13)14)2-4-10-8(12)7-3-5-11-15-7/h3,5-6H,2,4H2,1H3,(H,10,12)(H,13,14). The van der Waals surface area contributed by atoms with Crippen LogP contribution in [0.4, 0.5) is 0 Å². The lowest BCUT2D eigenvalue weighted by molar-refractivity contribution is -0.141. The first-order valence-electron chi connectivity index (χ1n) is 4.53. The molecule has 1 aromatic heterocycles. The summed E-state index contributed by atoms with van der Waals surface area (Å²) in [6, 6.07) is 1.44. The topological polar surface area (TPSA) is 92.4 Å². The molecule has 1 heterocycles. The number of carboxylic acids is 1. The van der Waals surface area contributed by atoms with Crippen molar-refractivity contribution < 1.29 is 19.2 Å². The molecule has 1 aromatic rings. The molecule has 0 fully saturated rings. The van der Waals surface area contributed by atoms with Crippen LogP contribution in [0.15, 0.2) is 16.8 Å². The van der Waals surface area contributed by atoms with Gasteiger partial charge in [0.25, 0.3) is 5.91 Å². The van der Waals surface area contributed by atoms with E-state index < -0.39 is 11.9 Å². The van der Waals surface area contributed by atoms with Gasteiger partial charge in [-0.15, -0.1) is 0 Å². The zero-order chi connectivity index (χ0) is 11.3. The SMILES string of the molecule is CC(CCNC(=O)c1ccno1)C(=O)O. The number of nitrogens with one attached hydrogen (secondary N) is 1. The van der Waals surface area contributed by atoms with E-state index in [1.54, 1.807) is 6.92 Å². The van der Waals surface area contributed by atoms with Gasteiger partial charge in [0.2, 0.25) is 5.76 Å².